The van der Waals surface area contributed by atoms with Crippen LogP contribution < -0.4 is 0 Å². The Kier molecular flexibility index (Phi) is 3.07. The van der Waals surface area contributed by atoms with Crippen LogP contribution in [0.4, 0.5) is 0 Å². The van der Waals surface area contributed by atoms with Gasteiger partial charge < -0.3 is 13.7 Å². The largest absolute Gasteiger partial charge is 0.353 e. The van der Waals surface area contributed by atoms with Crippen molar-refractivity contribution in [3.8, 4) is 11.6 Å². The van der Waals surface area contributed by atoms with E-state index in [9.17, 15) is 0 Å². The molecule has 0 aliphatic carbocycles. The second-order valence-electron chi connectivity index (χ2n) is 4.97. The highest BCUT2D eigenvalue weighted by Crippen LogP contribution is 2.25. The van der Waals surface area contributed by atoms with E-state index in [0.29, 0.717) is 12.3 Å². The van der Waals surface area contributed by atoms with Gasteiger partial charge in [-0.1, -0.05) is 23.8 Å². The van der Waals surface area contributed by atoms with Crippen LogP contribution >= 0.6 is 11.8 Å². The van der Waals surface area contributed by atoms with Crippen molar-refractivity contribution in [2.24, 2.45) is 0 Å². The Labute approximate surface area is 126 Å². The number of rotatable bonds is 4. The molecule has 0 atom stereocenters. The summed E-state index contributed by atoms with van der Waals surface area (Å²) in [5.41, 5.74) is 1.99. The van der Waals surface area contributed by atoms with E-state index < -0.39 is 0 Å². The molecule has 1 aliphatic rings. The van der Waals surface area contributed by atoms with Gasteiger partial charge in [0.2, 0.25) is 5.76 Å². The van der Waals surface area contributed by atoms with Gasteiger partial charge >= 0.3 is 0 Å². The van der Waals surface area contributed by atoms with E-state index in [0.717, 1.165) is 41.1 Å². The first-order valence-corrected chi connectivity index (χ1v) is 7.98. The summed E-state index contributed by atoms with van der Waals surface area (Å²) >= 11 is 1.81. The van der Waals surface area contributed by atoms with Crippen LogP contribution in [0, 0.1) is 0 Å². The minimum absolute atomic E-state index is 0.693. The minimum atomic E-state index is 0.693. The fraction of sp³-hybridized carbons (Fsp3) is 0.357. The van der Waals surface area contributed by atoms with E-state index in [1.165, 1.54) is 0 Å². The number of hydrogen-bond acceptors (Lipinski definition) is 5. The van der Waals surface area contributed by atoms with Crippen molar-refractivity contribution in [2.45, 2.75) is 31.6 Å². The van der Waals surface area contributed by atoms with Gasteiger partial charge in [0.05, 0.1) is 17.9 Å². The molecule has 0 saturated carbocycles. The molecule has 0 radical (unpaired) electrons. The predicted octanol–water partition coefficient (Wildman–Crippen LogP) is 2.45. The predicted molar refractivity (Wildman–Crippen MR) is 79.2 cm³/mol. The van der Waals surface area contributed by atoms with Gasteiger partial charge in [0, 0.05) is 37.0 Å². The lowest BCUT2D eigenvalue weighted by atomic mass is 10.3. The van der Waals surface area contributed by atoms with Crippen LogP contribution in [-0.4, -0.2) is 30.0 Å². The Hall–Kier alpha value is -2.02. The van der Waals surface area contributed by atoms with E-state index in [2.05, 4.69) is 32.8 Å². The van der Waals surface area contributed by atoms with Crippen LogP contribution in [0.2, 0.25) is 0 Å². The molecule has 4 heterocycles. The maximum Gasteiger partial charge on any atom is 0.202 e. The summed E-state index contributed by atoms with van der Waals surface area (Å²) in [4.78, 5) is 9.04. The molecule has 0 bridgehead atoms. The monoisotopic (exact) mass is 301 g/mol. The number of thioether (sulfide) groups is 1. The lowest BCUT2D eigenvalue weighted by Gasteiger charge is -2.03. The molecule has 3 aromatic rings. The fourth-order valence-electron chi connectivity index (χ4n) is 2.46. The summed E-state index contributed by atoms with van der Waals surface area (Å²) in [7, 11) is 0. The van der Waals surface area contributed by atoms with Crippen molar-refractivity contribution in [1.82, 2.24) is 24.3 Å². The number of aryl methyl sites for hydroxylation is 2. The van der Waals surface area contributed by atoms with E-state index in [-0.39, 0.29) is 0 Å². The number of nitrogens with zero attached hydrogens (tertiary/aromatic N) is 5. The summed E-state index contributed by atoms with van der Waals surface area (Å²) in [6.07, 6.45) is 6.70. The smallest absolute Gasteiger partial charge is 0.202 e. The summed E-state index contributed by atoms with van der Waals surface area (Å²) in [6, 6.07) is 1.95. The average Bonchev–Trinajstić information content (AvgIpc) is 3.21. The lowest BCUT2D eigenvalue weighted by molar-refractivity contribution is 0.420. The van der Waals surface area contributed by atoms with E-state index in [1.54, 1.807) is 18.0 Å². The van der Waals surface area contributed by atoms with Crippen molar-refractivity contribution in [3.05, 3.63) is 36.0 Å². The molecule has 3 aromatic heterocycles. The van der Waals surface area contributed by atoms with Crippen LogP contribution in [0.15, 0.2) is 34.3 Å². The Balaban J connectivity index is 1.62. The molecule has 0 saturated heterocycles. The van der Waals surface area contributed by atoms with Gasteiger partial charge in [0.25, 0.3) is 0 Å². The molecule has 0 amide bonds. The van der Waals surface area contributed by atoms with Gasteiger partial charge in [-0.25, -0.2) is 9.97 Å². The van der Waals surface area contributed by atoms with Crippen LogP contribution in [0.5, 0.6) is 0 Å². The van der Waals surface area contributed by atoms with Gasteiger partial charge in [0.15, 0.2) is 11.0 Å². The zero-order valence-corrected chi connectivity index (χ0v) is 12.5. The van der Waals surface area contributed by atoms with Crippen molar-refractivity contribution in [3.63, 3.8) is 0 Å². The van der Waals surface area contributed by atoms with Crippen molar-refractivity contribution >= 4 is 11.8 Å². The molecule has 0 N–H and O–H groups in total. The van der Waals surface area contributed by atoms with Gasteiger partial charge in [-0.15, -0.1) is 0 Å². The molecule has 0 unspecified atom stereocenters. The molecule has 7 heteroatoms. The van der Waals surface area contributed by atoms with Crippen molar-refractivity contribution < 1.29 is 4.52 Å². The number of hydrogen-bond donors (Lipinski definition) is 0. The SMILES string of the molecule is CCc1cc(-c2nccn2Cc2cn3c(n2)SCC3)on1. The molecule has 0 aromatic carbocycles. The first-order chi connectivity index (χ1) is 10.3. The van der Waals surface area contributed by atoms with Crippen molar-refractivity contribution in [1.29, 1.82) is 0 Å². The maximum absolute atomic E-state index is 5.38. The third-order valence-corrected chi connectivity index (χ3v) is 4.51. The summed E-state index contributed by atoms with van der Waals surface area (Å²) < 4.78 is 9.63. The molecule has 6 nitrogen and oxygen atoms in total. The lowest BCUT2D eigenvalue weighted by Crippen LogP contribution is -2.01. The Morgan fingerprint density at radius 1 is 1.38 bits per heavy atom. The number of imidazole rings is 2. The third-order valence-electron chi connectivity index (χ3n) is 3.54. The Morgan fingerprint density at radius 3 is 3.14 bits per heavy atom. The highest BCUT2D eigenvalue weighted by molar-refractivity contribution is 7.99. The Morgan fingerprint density at radius 2 is 2.33 bits per heavy atom. The van der Waals surface area contributed by atoms with Crippen LogP contribution in [0.1, 0.15) is 18.3 Å². The molecule has 0 fully saturated rings. The highest BCUT2D eigenvalue weighted by atomic mass is 32.2. The van der Waals surface area contributed by atoms with Crippen LogP contribution in [0.3, 0.4) is 0 Å². The minimum Gasteiger partial charge on any atom is -0.353 e. The van der Waals surface area contributed by atoms with Gasteiger partial charge in [-0.3, -0.25) is 0 Å². The Bertz CT molecular complexity index is 751. The molecule has 108 valence electrons. The normalized spacial score (nSPS) is 13.8. The highest BCUT2D eigenvalue weighted by Gasteiger charge is 2.17. The molecule has 0 spiro atoms. The molecule has 21 heavy (non-hydrogen) atoms. The standard InChI is InChI=1S/C14H15N5OS/c1-2-10-7-12(20-17-10)13-15-3-4-18(13)8-11-9-19-5-6-21-14(19)16-11/h3-4,7,9H,2,5-6,8H2,1H3. The third kappa shape index (κ3) is 2.27. The maximum atomic E-state index is 5.38. The van der Waals surface area contributed by atoms with Gasteiger partial charge in [-0.05, 0) is 6.42 Å². The van der Waals surface area contributed by atoms with Crippen LogP contribution in [0.25, 0.3) is 11.6 Å². The first-order valence-electron chi connectivity index (χ1n) is 6.99. The molecular formula is C14H15N5OS. The second-order valence-corrected chi connectivity index (χ2v) is 6.03. The fourth-order valence-corrected chi connectivity index (χ4v) is 3.42. The number of aromatic nitrogens is 5. The topological polar surface area (TPSA) is 61.7 Å². The second kappa shape index (κ2) is 5.07. The van der Waals surface area contributed by atoms with E-state index in [4.69, 9.17) is 4.52 Å². The van der Waals surface area contributed by atoms with E-state index >= 15 is 0 Å². The zero-order chi connectivity index (χ0) is 14.2. The quantitative estimate of drug-likeness (QED) is 0.740. The summed E-state index contributed by atoms with van der Waals surface area (Å²) in [5, 5.41) is 5.14. The zero-order valence-electron chi connectivity index (χ0n) is 11.7. The van der Waals surface area contributed by atoms with Crippen molar-refractivity contribution in [2.75, 3.05) is 5.75 Å². The summed E-state index contributed by atoms with van der Waals surface area (Å²) in [6.45, 7) is 3.79. The molecule has 1 aliphatic heterocycles. The molecular weight excluding hydrogens is 286 g/mol. The number of fused-ring (bicyclic) bond motifs is 1. The van der Waals surface area contributed by atoms with Gasteiger partial charge in [-0.2, -0.15) is 0 Å². The van der Waals surface area contributed by atoms with Gasteiger partial charge in [0.1, 0.15) is 0 Å². The van der Waals surface area contributed by atoms with E-state index in [1.807, 2.05) is 16.8 Å². The van der Waals surface area contributed by atoms with Crippen LogP contribution in [-0.2, 0) is 19.5 Å². The summed E-state index contributed by atoms with van der Waals surface area (Å²) in [5.74, 6) is 2.62. The molecule has 4 rings (SSSR count). The first kappa shape index (κ1) is 12.7. The average molecular weight is 301 g/mol.